The number of hydrogen-bond donors (Lipinski definition) is 0. The van der Waals surface area contributed by atoms with Crippen LogP contribution < -0.4 is 15.0 Å². The molecule has 2 heterocycles. The van der Waals surface area contributed by atoms with E-state index in [0.717, 1.165) is 18.7 Å². The van der Waals surface area contributed by atoms with Crippen molar-refractivity contribution in [1.29, 1.82) is 0 Å². The third-order valence-electron chi connectivity index (χ3n) is 3.44. The first-order chi connectivity index (χ1) is 10.2. The highest BCUT2D eigenvalue weighted by molar-refractivity contribution is 7.15. The minimum absolute atomic E-state index is 0.111. The number of nitrogens with zero attached hydrogens (tertiary/aromatic N) is 4. The summed E-state index contributed by atoms with van der Waals surface area (Å²) in [5.74, 6) is 0. The Morgan fingerprint density at radius 1 is 1.24 bits per heavy atom. The third kappa shape index (κ3) is 2.54. The van der Waals surface area contributed by atoms with Crippen molar-refractivity contribution in [1.82, 2.24) is 14.6 Å². The number of anilines is 1. The maximum atomic E-state index is 12.1. The van der Waals surface area contributed by atoms with Crippen LogP contribution in [-0.4, -0.2) is 27.7 Å². The van der Waals surface area contributed by atoms with Crippen molar-refractivity contribution in [2.24, 2.45) is 0 Å². The summed E-state index contributed by atoms with van der Waals surface area (Å²) in [5, 5.41) is 3.92. The van der Waals surface area contributed by atoms with Gasteiger partial charge in [-0.05, 0) is 37.6 Å². The zero-order valence-electron chi connectivity index (χ0n) is 12.0. The monoisotopic (exact) mass is 300 g/mol. The Morgan fingerprint density at radius 2 is 1.95 bits per heavy atom. The van der Waals surface area contributed by atoms with Crippen molar-refractivity contribution in [2.75, 3.05) is 18.0 Å². The molecule has 0 fully saturated rings. The van der Waals surface area contributed by atoms with Gasteiger partial charge in [0, 0.05) is 18.8 Å². The molecule has 6 heteroatoms. The molecule has 0 spiro atoms. The summed E-state index contributed by atoms with van der Waals surface area (Å²) in [4.78, 5) is 19.1. The zero-order chi connectivity index (χ0) is 14.8. The highest BCUT2D eigenvalue weighted by Crippen LogP contribution is 2.15. The first-order valence-corrected chi connectivity index (χ1v) is 7.74. The van der Waals surface area contributed by atoms with E-state index < -0.39 is 0 Å². The van der Waals surface area contributed by atoms with Crippen LogP contribution in [-0.2, 0) is 0 Å². The average Bonchev–Trinajstić information content (AvgIpc) is 3.06. The van der Waals surface area contributed by atoms with Gasteiger partial charge in [0.1, 0.15) is 6.33 Å². The molecule has 0 unspecified atom stereocenters. The highest BCUT2D eigenvalue weighted by atomic mass is 32.1. The van der Waals surface area contributed by atoms with Gasteiger partial charge in [0.15, 0.2) is 0 Å². The quantitative estimate of drug-likeness (QED) is 0.733. The van der Waals surface area contributed by atoms with Gasteiger partial charge in [0.2, 0.25) is 4.96 Å². The topological polar surface area (TPSA) is 50.5 Å². The lowest BCUT2D eigenvalue weighted by Crippen LogP contribution is -2.23. The highest BCUT2D eigenvalue weighted by Gasteiger charge is 2.05. The summed E-state index contributed by atoms with van der Waals surface area (Å²) < 4.78 is 1.99. The molecule has 0 saturated carbocycles. The molecule has 108 valence electrons. The second-order valence-electron chi connectivity index (χ2n) is 4.63. The summed E-state index contributed by atoms with van der Waals surface area (Å²) in [5.41, 5.74) is 2.09. The average molecular weight is 300 g/mol. The fraction of sp³-hybridized carbons (Fsp3) is 0.267. The van der Waals surface area contributed by atoms with Gasteiger partial charge in [-0.2, -0.15) is 9.61 Å². The maximum Gasteiger partial charge on any atom is 0.291 e. The maximum absolute atomic E-state index is 12.1. The minimum atomic E-state index is -0.111. The van der Waals surface area contributed by atoms with Crippen LogP contribution >= 0.6 is 11.3 Å². The number of thiazole rings is 1. The second-order valence-corrected chi connectivity index (χ2v) is 5.64. The van der Waals surface area contributed by atoms with Crippen molar-refractivity contribution in [3.63, 3.8) is 0 Å². The molecule has 1 aromatic carbocycles. The van der Waals surface area contributed by atoms with Crippen molar-refractivity contribution < 1.29 is 0 Å². The van der Waals surface area contributed by atoms with E-state index in [1.165, 1.54) is 27.9 Å². The molecule has 0 aliphatic heterocycles. The molecule has 0 amide bonds. The van der Waals surface area contributed by atoms with Gasteiger partial charge in [-0.1, -0.05) is 23.5 Å². The largest absolute Gasteiger partial charge is 0.372 e. The van der Waals surface area contributed by atoms with Gasteiger partial charge < -0.3 is 4.90 Å². The van der Waals surface area contributed by atoms with Gasteiger partial charge in [0.05, 0.1) is 4.53 Å². The molecule has 0 aliphatic carbocycles. The van der Waals surface area contributed by atoms with Crippen LogP contribution in [0.2, 0.25) is 0 Å². The Hall–Kier alpha value is -2.21. The Morgan fingerprint density at radius 3 is 2.57 bits per heavy atom. The van der Waals surface area contributed by atoms with Crippen molar-refractivity contribution >= 4 is 28.1 Å². The number of fused-ring (bicyclic) bond motifs is 1. The minimum Gasteiger partial charge on any atom is -0.372 e. The van der Waals surface area contributed by atoms with Gasteiger partial charge in [0.25, 0.3) is 5.56 Å². The molecular weight excluding hydrogens is 284 g/mol. The number of hydrogen-bond acceptors (Lipinski definition) is 5. The van der Waals surface area contributed by atoms with Gasteiger partial charge in [-0.25, -0.2) is 4.98 Å². The lowest BCUT2D eigenvalue weighted by Gasteiger charge is -2.20. The molecule has 0 saturated heterocycles. The molecule has 3 aromatic rings. The predicted octanol–water partition coefficient (Wildman–Crippen LogP) is 1.54. The standard InChI is InChI=1S/C15H16N4OS/c1-3-18(4-2)12-7-5-11(6-8-12)9-13-14(20)19-15(21-13)16-10-17-19/h5-10H,3-4H2,1-2H3/b13-9-. The lowest BCUT2D eigenvalue weighted by atomic mass is 10.2. The molecule has 21 heavy (non-hydrogen) atoms. The van der Waals surface area contributed by atoms with Gasteiger partial charge >= 0.3 is 0 Å². The van der Waals surface area contributed by atoms with Crippen LogP contribution in [0.15, 0.2) is 35.4 Å². The first kappa shape index (κ1) is 13.8. The Bertz CT molecular complexity index is 846. The molecule has 0 N–H and O–H groups in total. The smallest absolute Gasteiger partial charge is 0.291 e. The normalized spacial score (nSPS) is 12.2. The molecule has 0 bridgehead atoms. The van der Waals surface area contributed by atoms with Crippen LogP contribution in [0.5, 0.6) is 0 Å². The molecule has 5 nitrogen and oxygen atoms in total. The molecule has 2 aromatic heterocycles. The Balaban J connectivity index is 1.97. The van der Waals surface area contributed by atoms with Gasteiger partial charge in [-0.3, -0.25) is 4.79 Å². The third-order valence-corrected chi connectivity index (χ3v) is 4.41. The fourth-order valence-electron chi connectivity index (χ4n) is 2.30. The van der Waals surface area contributed by atoms with Gasteiger partial charge in [-0.15, -0.1) is 0 Å². The van der Waals surface area contributed by atoms with E-state index in [1.54, 1.807) is 0 Å². The number of rotatable bonds is 4. The van der Waals surface area contributed by atoms with Crippen molar-refractivity contribution in [3.8, 4) is 0 Å². The SMILES string of the molecule is CCN(CC)c1ccc(/C=c2\sc3ncnn3c2=O)cc1. The van der Waals surface area contributed by atoms with Crippen molar-refractivity contribution in [2.45, 2.75) is 13.8 Å². The molecule has 0 radical (unpaired) electrons. The van der Waals surface area contributed by atoms with E-state index in [1.807, 2.05) is 18.2 Å². The Kier molecular flexibility index (Phi) is 3.70. The van der Waals surface area contributed by atoms with E-state index in [4.69, 9.17) is 0 Å². The predicted molar refractivity (Wildman–Crippen MR) is 85.9 cm³/mol. The molecular formula is C15H16N4OS. The lowest BCUT2D eigenvalue weighted by molar-refractivity contribution is 0.866. The first-order valence-electron chi connectivity index (χ1n) is 6.92. The fourth-order valence-corrected chi connectivity index (χ4v) is 3.18. The molecule has 3 rings (SSSR count). The van der Waals surface area contributed by atoms with Crippen molar-refractivity contribution in [3.05, 3.63) is 51.0 Å². The number of benzene rings is 1. The zero-order valence-corrected chi connectivity index (χ0v) is 12.8. The van der Waals surface area contributed by atoms with E-state index in [-0.39, 0.29) is 5.56 Å². The summed E-state index contributed by atoms with van der Waals surface area (Å²) in [7, 11) is 0. The second kappa shape index (κ2) is 5.65. The molecule has 0 aliphatic rings. The van der Waals surface area contributed by atoms with E-state index in [9.17, 15) is 4.79 Å². The van der Waals surface area contributed by atoms with E-state index in [0.29, 0.717) is 9.49 Å². The summed E-state index contributed by atoms with van der Waals surface area (Å²) in [6, 6.07) is 8.23. The van der Waals surface area contributed by atoms with Crippen LogP contribution in [0.25, 0.3) is 11.0 Å². The van der Waals surface area contributed by atoms with Crippen LogP contribution in [0.3, 0.4) is 0 Å². The summed E-state index contributed by atoms with van der Waals surface area (Å²) in [6.07, 6.45) is 3.28. The van der Waals surface area contributed by atoms with Crippen LogP contribution in [0.4, 0.5) is 5.69 Å². The number of aromatic nitrogens is 3. The van der Waals surface area contributed by atoms with E-state index >= 15 is 0 Å². The Labute approximate surface area is 126 Å². The summed E-state index contributed by atoms with van der Waals surface area (Å²) >= 11 is 1.36. The summed E-state index contributed by atoms with van der Waals surface area (Å²) in [6.45, 7) is 6.25. The van der Waals surface area contributed by atoms with Crippen LogP contribution in [0, 0.1) is 0 Å². The van der Waals surface area contributed by atoms with E-state index in [2.05, 4.69) is 41.0 Å². The molecule has 0 atom stereocenters. The van der Waals surface area contributed by atoms with Crippen LogP contribution in [0.1, 0.15) is 19.4 Å².